The molecule has 2 aliphatic heterocycles. The van der Waals surface area contributed by atoms with Gasteiger partial charge in [-0.2, -0.15) is 0 Å². The standard InChI is InChI=1S/C21H20N4O4S2/c1-12-5-6-14(8-13(12)2)16(26)9-17-19(28)25(10-15-4-3-7-29-15)21(31-17)24-23-20-22-18(27)11-30-20/h3-8,17H,9-11H2,1-2H3,(H,22,23,27)/b24-21-. The van der Waals surface area contributed by atoms with Crippen LogP contribution in [-0.2, 0) is 16.1 Å². The minimum atomic E-state index is -0.603. The SMILES string of the molecule is Cc1ccc(C(=O)CC2S/C(=N\N=C3/NC(=O)CS3)N(Cc3ccco3)C2=O)cc1C. The van der Waals surface area contributed by atoms with Gasteiger partial charge in [0.25, 0.3) is 0 Å². The van der Waals surface area contributed by atoms with Crippen LogP contribution in [0.2, 0.25) is 0 Å². The van der Waals surface area contributed by atoms with Gasteiger partial charge in [-0.25, -0.2) is 0 Å². The largest absolute Gasteiger partial charge is 0.467 e. The maximum Gasteiger partial charge on any atom is 0.243 e. The molecule has 31 heavy (non-hydrogen) atoms. The second-order valence-electron chi connectivity index (χ2n) is 7.16. The molecule has 2 aromatic rings. The summed E-state index contributed by atoms with van der Waals surface area (Å²) >= 11 is 2.45. The van der Waals surface area contributed by atoms with Crippen LogP contribution in [0.5, 0.6) is 0 Å². The van der Waals surface area contributed by atoms with Crippen LogP contribution >= 0.6 is 23.5 Å². The number of nitrogens with zero attached hydrogens (tertiary/aromatic N) is 3. The zero-order valence-electron chi connectivity index (χ0n) is 17.0. The molecule has 10 heteroatoms. The molecule has 0 radical (unpaired) electrons. The van der Waals surface area contributed by atoms with E-state index in [0.717, 1.165) is 11.1 Å². The van der Waals surface area contributed by atoms with Crippen molar-refractivity contribution in [3.63, 3.8) is 0 Å². The maximum absolute atomic E-state index is 13.1. The van der Waals surface area contributed by atoms with Crippen LogP contribution in [0.4, 0.5) is 0 Å². The second kappa shape index (κ2) is 9.11. The van der Waals surface area contributed by atoms with E-state index in [1.54, 1.807) is 18.2 Å². The molecule has 2 aliphatic rings. The van der Waals surface area contributed by atoms with Gasteiger partial charge in [-0.15, -0.1) is 10.2 Å². The second-order valence-corrected chi connectivity index (χ2v) is 9.30. The summed E-state index contributed by atoms with van der Waals surface area (Å²) in [6.45, 7) is 4.13. The van der Waals surface area contributed by atoms with Crippen molar-refractivity contribution in [3.8, 4) is 0 Å². The number of nitrogens with one attached hydrogen (secondary N) is 1. The Morgan fingerprint density at radius 1 is 1.23 bits per heavy atom. The molecule has 160 valence electrons. The topological polar surface area (TPSA) is 104 Å². The molecule has 0 spiro atoms. The summed E-state index contributed by atoms with van der Waals surface area (Å²) in [5, 5.41) is 11.0. The molecule has 1 aromatic carbocycles. The average Bonchev–Trinajstić information content (AvgIpc) is 3.47. The van der Waals surface area contributed by atoms with E-state index in [1.807, 2.05) is 26.0 Å². The molecule has 3 heterocycles. The van der Waals surface area contributed by atoms with Crippen molar-refractivity contribution in [2.24, 2.45) is 10.2 Å². The first-order valence-corrected chi connectivity index (χ1v) is 11.5. The monoisotopic (exact) mass is 456 g/mol. The fraction of sp³-hybridized carbons (Fsp3) is 0.286. The molecule has 8 nitrogen and oxygen atoms in total. The highest BCUT2D eigenvalue weighted by Crippen LogP contribution is 2.32. The number of hydrogen-bond donors (Lipinski definition) is 1. The van der Waals surface area contributed by atoms with Crippen molar-refractivity contribution >= 4 is 51.5 Å². The van der Waals surface area contributed by atoms with E-state index in [9.17, 15) is 14.4 Å². The Hall–Kier alpha value is -2.85. The Morgan fingerprint density at radius 3 is 2.74 bits per heavy atom. The molecule has 2 amide bonds. The third-order valence-electron chi connectivity index (χ3n) is 4.93. The lowest BCUT2D eigenvalue weighted by Crippen LogP contribution is -2.32. The van der Waals surface area contributed by atoms with Crippen LogP contribution in [0.15, 0.2) is 51.2 Å². The van der Waals surface area contributed by atoms with Gasteiger partial charge in [0.15, 0.2) is 16.1 Å². The predicted octanol–water partition coefficient (Wildman–Crippen LogP) is 3.10. The fourth-order valence-electron chi connectivity index (χ4n) is 3.09. The highest BCUT2D eigenvalue weighted by Gasteiger charge is 2.40. The van der Waals surface area contributed by atoms with Crippen molar-refractivity contribution in [2.75, 3.05) is 5.75 Å². The number of ketones is 1. The van der Waals surface area contributed by atoms with E-state index in [1.165, 1.54) is 34.7 Å². The summed E-state index contributed by atoms with van der Waals surface area (Å²) in [6.07, 6.45) is 1.59. The van der Waals surface area contributed by atoms with Gasteiger partial charge in [0.1, 0.15) is 5.76 Å². The van der Waals surface area contributed by atoms with Gasteiger partial charge in [-0.3, -0.25) is 19.3 Å². The molecule has 0 bridgehead atoms. The van der Waals surface area contributed by atoms with E-state index < -0.39 is 5.25 Å². The minimum absolute atomic E-state index is 0.0573. The number of hydrogen-bond acceptors (Lipinski definition) is 8. The number of carbonyl (C=O) groups excluding carboxylic acids is 3. The summed E-state index contributed by atoms with van der Waals surface area (Å²) in [6, 6.07) is 9.05. The highest BCUT2D eigenvalue weighted by atomic mass is 32.2. The van der Waals surface area contributed by atoms with Crippen molar-refractivity contribution in [2.45, 2.75) is 32.1 Å². The van der Waals surface area contributed by atoms with Crippen molar-refractivity contribution < 1.29 is 18.8 Å². The van der Waals surface area contributed by atoms with Crippen molar-refractivity contribution in [1.29, 1.82) is 0 Å². The summed E-state index contributed by atoms with van der Waals surface area (Å²) in [5.74, 6) is 0.431. The summed E-state index contributed by atoms with van der Waals surface area (Å²) < 4.78 is 5.37. The predicted molar refractivity (Wildman–Crippen MR) is 121 cm³/mol. The van der Waals surface area contributed by atoms with Gasteiger partial charge in [0, 0.05) is 12.0 Å². The first-order valence-electron chi connectivity index (χ1n) is 9.60. The number of amides is 2. The lowest BCUT2D eigenvalue weighted by atomic mass is 10.0. The third kappa shape index (κ3) is 4.91. The Balaban J connectivity index is 1.54. The van der Waals surface area contributed by atoms with Crippen LogP contribution < -0.4 is 5.32 Å². The van der Waals surface area contributed by atoms with E-state index in [-0.39, 0.29) is 30.6 Å². The molecule has 1 aromatic heterocycles. The molecule has 0 saturated carbocycles. The van der Waals surface area contributed by atoms with E-state index in [0.29, 0.717) is 27.4 Å². The van der Waals surface area contributed by atoms with Crippen LogP contribution in [0, 0.1) is 13.8 Å². The number of benzene rings is 1. The smallest absolute Gasteiger partial charge is 0.243 e. The lowest BCUT2D eigenvalue weighted by molar-refractivity contribution is -0.126. The lowest BCUT2D eigenvalue weighted by Gasteiger charge is -2.14. The Kier molecular flexibility index (Phi) is 6.28. The van der Waals surface area contributed by atoms with E-state index in [2.05, 4.69) is 15.5 Å². The van der Waals surface area contributed by atoms with Gasteiger partial charge < -0.3 is 9.73 Å². The zero-order chi connectivity index (χ0) is 22.0. The Bertz CT molecular complexity index is 1090. The molecule has 1 atom stereocenters. The highest BCUT2D eigenvalue weighted by molar-refractivity contribution is 8.15. The molecule has 4 rings (SSSR count). The molecule has 0 aliphatic carbocycles. The summed E-state index contributed by atoms with van der Waals surface area (Å²) in [5.41, 5.74) is 2.73. The number of amidine groups is 2. The van der Waals surface area contributed by atoms with Gasteiger partial charge in [-0.05, 0) is 43.2 Å². The minimum Gasteiger partial charge on any atom is -0.467 e. The Morgan fingerprint density at radius 2 is 2.06 bits per heavy atom. The molecular weight excluding hydrogens is 436 g/mol. The van der Waals surface area contributed by atoms with E-state index in [4.69, 9.17) is 4.42 Å². The summed E-state index contributed by atoms with van der Waals surface area (Å²) in [7, 11) is 0. The maximum atomic E-state index is 13.1. The normalized spacial score (nSPS) is 21.4. The first kappa shape index (κ1) is 21.4. The van der Waals surface area contributed by atoms with Gasteiger partial charge in [0.05, 0.1) is 23.8 Å². The molecule has 2 saturated heterocycles. The average molecular weight is 457 g/mol. The van der Waals surface area contributed by atoms with Gasteiger partial charge in [0.2, 0.25) is 11.8 Å². The first-order chi connectivity index (χ1) is 14.9. The fourth-order valence-corrected chi connectivity index (χ4v) is 4.80. The Labute approximate surface area is 187 Å². The van der Waals surface area contributed by atoms with Crippen LogP contribution in [0.1, 0.15) is 33.7 Å². The third-order valence-corrected chi connectivity index (χ3v) is 6.96. The van der Waals surface area contributed by atoms with Crippen molar-refractivity contribution in [1.82, 2.24) is 10.2 Å². The zero-order valence-corrected chi connectivity index (χ0v) is 18.6. The summed E-state index contributed by atoms with van der Waals surface area (Å²) in [4.78, 5) is 38.7. The van der Waals surface area contributed by atoms with Gasteiger partial charge in [-0.1, -0.05) is 35.7 Å². The number of Topliss-reactive ketones (excluding diaryl/α,β-unsaturated/α-hetero) is 1. The van der Waals surface area contributed by atoms with E-state index >= 15 is 0 Å². The number of aryl methyl sites for hydroxylation is 2. The molecular formula is C21H20N4O4S2. The number of furan rings is 1. The van der Waals surface area contributed by atoms with Gasteiger partial charge >= 0.3 is 0 Å². The quantitative estimate of drug-likeness (QED) is 0.529. The van der Waals surface area contributed by atoms with Crippen molar-refractivity contribution in [3.05, 3.63) is 59.0 Å². The number of thioether (sulfide) groups is 2. The van der Waals surface area contributed by atoms with Crippen LogP contribution in [0.3, 0.4) is 0 Å². The number of carbonyl (C=O) groups is 3. The molecule has 1 N–H and O–H groups in total. The number of rotatable bonds is 6. The van der Waals surface area contributed by atoms with Crippen LogP contribution in [-0.4, -0.2) is 43.8 Å². The van der Waals surface area contributed by atoms with Crippen LogP contribution in [0.25, 0.3) is 0 Å². The molecule has 1 unspecified atom stereocenters. The molecule has 2 fully saturated rings.